The third-order valence-electron chi connectivity index (χ3n) is 4.69. The second-order valence-electron chi connectivity index (χ2n) is 6.73. The summed E-state index contributed by atoms with van der Waals surface area (Å²) in [4.78, 5) is 0. The Labute approximate surface area is 157 Å². The molecule has 0 amide bonds. The van der Waals surface area contributed by atoms with Crippen LogP contribution in [0.25, 0.3) is 10.8 Å². The van der Waals surface area contributed by atoms with Gasteiger partial charge in [-0.25, -0.2) is 0 Å². The van der Waals surface area contributed by atoms with Crippen LogP contribution >= 0.6 is 11.6 Å². The number of hydrogen-bond donors (Lipinski definition) is 0. The second-order valence-corrected chi connectivity index (χ2v) is 7.29. The molecule has 25 heavy (non-hydrogen) atoms. The molecule has 0 saturated carbocycles. The normalized spacial score (nSPS) is 13.6. The van der Waals surface area contributed by atoms with Gasteiger partial charge in [0.15, 0.2) is 0 Å². The Bertz CT molecular complexity index is 668. The zero-order valence-corrected chi connectivity index (χ0v) is 16.7. The first-order chi connectivity index (χ1) is 12.1. The maximum atomic E-state index is 6.27. The number of fused-ring (bicyclic) bond motifs is 1. The summed E-state index contributed by atoms with van der Waals surface area (Å²) in [5.41, 5.74) is 1.19. The molecular weight excluding hydrogens is 332 g/mol. The number of benzene rings is 2. The Morgan fingerprint density at radius 2 is 1.84 bits per heavy atom. The highest BCUT2D eigenvalue weighted by Crippen LogP contribution is 2.30. The topological polar surface area (TPSA) is 18.5 Å². The van der Waals surface area contributed by atoms with E-state index in [0.717, 1.165) is 30.9 Å². The summed E-state index contributed by atoms with van der Waals surface area (Å²) in [7, 11) is 0. The molecule has 0 aliphatic rings. The summed E-state index contributed by atoms with van der Waals surface area (Å²) in [5.74, 6) is 1.85. The van der Waals surface area contributed by atoms with Crippen molar-refractivity contribution in [2.45, 2.75) is 71.3 Å². The lowest BCUT2D eigenvalue weighted by molar-refractivity contribution is 0.214. The molecule has 0 aliphatic heterocycles. The molecule has 2 unspecified atom stereocenters. The number of hydrogen-bond acceptors (Lipinski definition) is 2. The van der Waals surface area contributed by atoms with Gasteiger partial charge in [0.25, 0.3) is 0 Å². The van der Waals surface area contributed by atoms with Crippen LogP contribution in [0.4, 0.5) is 0 Å². The summed E-state index contributed by atoms with van der Waals surface area (Å²) < 4.78 is 12.0. The molecule has 0 heterocycles. The molecule has 2 atom stereocenters. The fourth-order valence-electron chi connectivity index (χ4n) is 3.00. The summed E-state index contributed by atoms with van der Waals surface area (Å²) >= 11 is 6.27. The van der Waals surface area contributed by atoms with E-state index in [1.54, 1.807) is 0 Å². The monoisotopic (exact) mass is 362 g/mol. The van der Waals surface area contributed by atoms with E-state index >= 15 is 0 Å². The van der Waals surface area contributed by atoms with Gasteiger partial charge in [0, 0.05) is 0 Å². The third kappa shape index (κ3) is 5.54. The van der Waals surface area contributed by atoms with Gasteiger partial charge >= 0.3 is 0 Å². The van der Waals surface area contributed by atoms with E-state index in [-0.39, 0.29) is 11.5 Å². The zero-order chi connectivity index (χ0) is 18.2. The molecule has 0 radical (unpaired) electrons. The molecule has 2 aromatic carbocycles. The quantitative estimate of drug-likeness (QED) is 0.338. The van der Waals surface area contributed by atoms with Crippen molar-refractivity contribution < 1.29 is 9.47 Å². The average Bonchev–Trinajstić information content (AvgIpc) is 2.62. The molecule has 2 nitrogen and oxygen atoms in total. The van der Waals surface area contributed by atoms with Crippen molar-refractivity contribution in [2.75, 3.05) is 6.61 Å². The van der Waals surface area contributed by atoms with E-state index in [0.29, 0.717) is 0 Å². The first-order valence-corrected chi connectivity index (χ1v) is 9.97. The maximum absolute atomic E-state index is 6.27. The van der Waals surface area contributed by atoms with Crippen molar-refractivity contribution in [3.8, 4) is 11.5 Å². The van der Waals surface area contributed by atoms with Crippen LogP contribution in [-0.4, -0.2) is 18.1 Å². The Morgan fingerprint density at radius 3 is 2.56 bits per heavy atom. The number of rotatable bonds is 10. The van der Waals surface area contributed by atoms with Crippen molar-refractivity contribution >= 4 is 22.4 Å². The van der Waals surface area contributed by atoms with Crippen LogP contribution in [0.1, 0.15) is 58.4 Å². The second kappa shape index (κ2) is 9.91. The highest BCUT2D eigenvalue weighted by atomic mass is 35.5. The fraction of sp³-hybridized carbons (Fsp3) is 0.545. The van der Waals surface area contributed by atoms with Crippen LogP contribution in [0.3, 0.4) is 0 Å². The predicted molar refractivity (Wildman–Crippen MR) is 108 cm³/mol. The van der Waals surface area contributed by atoms with Crippen LogP contribution in [0.5, 0.6) is 11.5 Å². The van der Waals surface area contributed by atoms with Crippen LogP contribution in [0, 0.1) is 6.92 Å². The van der Waals surface area contributed by atoms with Gasteiger partial charge in [-0.3, -0.25) is 0 Å². The molecule has 0 aromatic heterocycles. The van der Waals surface area contributed by atoms with Crippen molar-refractivity contribution in [2.24, 2.45) is 0 Å². The van der Waals surface area contributed by atoms with Gasteiger partial charge in [-0.2, -0.15) is 0 Å². The van der Waals surface area contributed by atoms with E-state index in [1.807, 2.05) is 13.0 Å². The third-order valence-corrected chi connectivity index (χ3v) is 5.35. The minimum atomic E-state index is -0.00376. The standard InChI is InChI=1S/C22H31ClO2/c1-5-7-8-9-14-24-22-13-10-18-15-19(11-12-20(18)16(22)3)25-17(4)21(23)6-2/h10-13,15,17,21H,5-9,14H2,1-4H3. The van der Waals surface area contributed by atoms with Crippen LogP contribution in [0.15, 0.2) is 30.3 Å². The van der Waals surface area contributed by atoms with E-state index < -0.39 is 0 Å². The number of alkyl halides is 1. The fourth-order valence-corrected chi connectivity index (χ4v) is 3.06. The van der Waals surface area contributed by atoms with Crippen molar-refractivity contribution in [3.63, 3.8) is 0 Å². The van der Waals surface area contributed by atoms with Gasteiger partial charge in [-0.15, -0.1) is 11.6 Å². The highest BCUT2D eigenvalue weighted by Gasteiger charge is 2.14. The summed E-state index contributed by atoms with van der Waals surface area (Å²) in [6.07, 6.45) is 5.78. The molecule has 2 rings (SSSR count). The molecule has 0 N–H and O–H groups in total. The highest BCUT2D eigenvalue weighted by molar-refractivity contribution is 6.21. The lowest BCUT2D eigenvalue weighted by Crippen LogP contribution is -2.23. The van der Waals surface area contributed by atoms with Crippen LogP contribution in [-0.2, 0) is 0 Å². The largest absolute Gasteiger partial charge is 0.493 e. The van der Waals surface area contributed by atoms with Gasteiger partial charge < -0.3 is 9.47 Å². The Balaban J connectivity index is 2.07. The molecule has 0 spiro atoms. The van der Waals surface area contributed by atoms with Gasteiger partial charge in [0.05, 0.1) is 12.0 Å². The summed E-state index contributed by atoms with van der Waals surface area (Å²) in [5, 5.41) is 2.41. The number of unbranched alkanes of at least 4 members (excludes halogenated alkanes) is 3. The smallest absolute Gasteiger partial charge is 0.122 e. The van der Waals surface area contributed by atoms with E-state index in [1.165, 1.54) is 35.6 Å². The molecule has 0 aliphatic carbocycles. The van der Waals surface area contributed by atoms with Crippen molar-refractivity contribution in [1.82, 2.24) is 0 Å². The number of ether oxygens (including phenoxy) is 2. The lowest BCUT2D eigenvalue weighted by atomic mass is 10.0. The van der Waals surface area contributed by atoms with Gasteiger partial charge in [0.1, 0.15) is 17.6 Å². The first kappa shape index (κ1) is 19.9. The summed E-state index contributed by atoms with van der Waals surface area (Å²) in [6, 6.07) is 10.4. The van der Waals surface area contributed by atoms with Crippen molar-refractivity contribution in [1.29, 1.82) is 0 Å². The Morgan fingerprint density at radius 1 is 1.04 bits per heavy atom. The first-order valence-electron chi connectivity index (χ1n) is 9.53. The predicted octanol–water partition coefficient (Wildman–Crippen LogP) is 6.89. The number of halogens is 1. The van der Waals surface area contributed by atoms with E-state index in [4.69, 9.17) is 21.1 Å². The van der Waals surface area contributed by atoms with E-state index in [2.05, 4.69) is 45.0 Å². The van der Waals surface area contributed by atoms with Crippen molar-refractivity contribution in [3.05, 3.63) is 35.9 Å². The number of aryl methyl sites for hydroxylation is 1. The minimum Gasteiger partial charge on any atom is -0.493 e. The van der Waals surface area contributed by atoms with Gasteiger partial charge in [0.2, 0.25) is 0 Å². The van der Waals surface area contributed by atoms with Crippen LogP contribution < -0.4 is 9.47 Å². The zero-order valence-electron chi connectivity index (χ0n) is 16.0. The lowest BCUT2D eigenvalue weighted by Gasteiger charge is -2.19. The minimum absolute atomic E-state index is 0.00376. The molecule has 0 bridgehead atoms. The Hall–Kier alpha value is -1.41. The van der Waals surface area contributed by atoms with Crippen LogP contribution in [0.2, 0.25) is 0 Å². The molecule has 3 heteroatoms. The van der Waals surface area contributed by atoms with E-state index in [9.17, 15) is 0 Å². The SMILES string of the molecule is CCCCCCOc1ccc2cc(OC(C)C(Cl)CC)ccc2c1C. The maximum Gasteiger partial charge on any atom is 0.122 e. The Kier molecular flexibility index (Phi) is 7.90. The van der Waals surface area contributed by atoms with Gasteiger partial charge in [-0.1, -0.05) is 45.2 Å². The molecule has 138 valence electrons. The van der Waals surface area contributed by atoms with Gasteiger partial charge in [-0.05, 0) is 61.2 Å². The molecule has 2 aromatic rings. The average molecular weight is 363 g/mol. The molecule has 0 fully saturated rings. The molecular formula is C22H31ClO2. The molecule has 0 saturated heterocycles. The summed E-state index contributed by atoms with van der Waals surface area (Å²) in [6.45, 7) is 9.23.